The number of hydrogen-bond donors (Lipinski definition) is 1. The zero-order valence-electron chi connectivity index (χ0n) is 11.3. The van der Waals surface area contributed by atoms with Crippen molar-refractivity contribution in [2.45, 2.75) is 25.4 Å². The molecule has 4 nitrogen and oxygen atoms in total. The molecule has 1 unspecified atom stereocenters. The van der Waals surface area contributed by atoms with Gasteiger partial charge in [-0.1, -0.05) is 6.07 Å². The fourth-order valence-corrected chi connectivity index (χ4v) is 2.39. The van der Waals surface area contributed by atoms with E-state index >= 15 is 0 Å². The van der Waals surface area contributed by atoms with E-state index in [0.717, 1.165) is 31.0 Å². The molecule has 0 aliphatic carbocycles. The number of nitrogens with zero attached hydrogens (tertiary/aromatic N) is 1. The van der Waals surface area contributed by atoms with Crippen LogP contribution in [0.4, 0.5) is 0 Å². The maximum absolute atomic E-state index is 5.81. The highest BCUT2D eigenvalue weighted by molar-refractivity contribution is 5.43. The van der Waals surface area contributed by atoms with Crippen molar-refractivity contribution in [3.8, 4) is 11.5 Å². The summed E-state index contributed by atoms with van der Waals surface area (Å²) < 4.78 is 10.6. The molecule has 1 fully saturated rings. The normalized spacial score (nSPS) is 18.2. The predicted octanol–water partition coefficient (Wildman–Crippen LogP) is 1.28. The lowest BCUT2D eigenvalue weighted by atomic mass is 10.0. The van der Waals surface area contributed by atoms with Crippen molar-refractivity contribution in [3.63, 3.8) is 0 Å². The SMILES string of the molecule is COc1ccc(CC(C)N2CC(N)C2)cc1OC. The van der Waals surface area contributed by atoms with Gasteiger partial charge < -0.3 is 15.2 Å². The summed E-state index contributed by atoms with van der Waals surface area (Å²) in [7, 11) is 3.32. The fraction of sp³-hybridized carbons (Fsp3) is 0.571. The Morgan fingerprint density at radius 1 is 1.28 bits per heavy atom. The molecule has 0 spiro atoms. The first-order valence-electron chi connectivity index (χ1n) is 6.34. The van der Waals surface area contributed by atoms with E-state index in [1.165, 1.54) is 5.56 Å². The van der Waals surface area contributed by atoms with E-state index in [1.807, 2.05) is 6.07 Å². The second-order valence-corrected chi connectivity index (χ2v) is 4.96. The Morgan fingerprint density at radius 2 is 1.94 bits per heavy atom. The molecule has 1 aliphatic heterocycles. The van der Waals surface area contributed by atoms with Gasteiger partial charge >= 0.3 is 0 Å². The first kappa shape index (κ1) is 13.2. The molecular formula is C14H22N2O2. The summed E-state index contributed by atoms with van der Waals surface area (Å²) in [5.41, 5.74) is 7.07. The average Bonchev–Trinajstić information content (AvgIpc) is 2.34. The summed E-state index contributed by atoms with van der Waals surface area (Å²) in [6, 6.07) is 6.98. The van der Waals surface area contributed by atoms with Crippen LogP contribution >= 0.6 is 0 Å². The second kappa shape index (κ2) is 5.59. The van der Waals surface area contributed by atoms with Gasteiger partial charge in [0, 0.05) is 25.2 Å². The van der Waals surface area contributed by atoms with Crippen LogP contribution in [0.2, 0.25) is 0 Å². The van der Waals surface area contributed by atoms with E-state index in [2.05, 4.69) is 24.0 Å². The number of rotatable bonds is 5. The van der Waals surface area contributed by atoms with Crippen LogP contribution in [-0.2, 0) is 6.42 Å². The van der Waals surface area contributed by atoms with Gasteiger partial charge in [-0.05, 0) is 31.0 Å². The van der Waals surface area contributed by atoms with E-state index < -0.39 is 0 Å². The van der Waals surface area contributed by atoms with Crippen LogP contribution < -0.4 is 15.2 Å². The molecule has 0 radical (unpaired) electrons. The number of ether oxygens (including phenoxy) is 2. The quantitative estimate of drug-likeness (QED) is 0.855. The van der Waals surface area contributed by atoms with Crippen LogP contribution in [0.15, 0.2) is 18.2 Å². The van der Waals surface area contributed by atoms with Crippen molar-refractivity contribution in [2.75, 3.05) is 27.3 Å². The van der Waals surface area contributed by atoms with Gasteiger partial charge in [0.25, 0.3) is 0 Å². The molecule has 0 amide bonds. The number of hydrogen-bond acceptors (Lipinski definition) is 4. The lowest BCUT2D eigenvalue weighted by Crippen LogP contribution is -2.59. The highest BCUT2D eigenvalue weighted by Gasteiger charge is 2.27. The summed E-state index contributed by atoms with van der Waals surface area (Å²) in [5.74, 6) is 1.57. The van der Waals surface area contributed by atoms with Gasteiger partial charge in [-0.2, -0.15) is 0 Å². The maximum Gasteiger partial charge on any atom is 0.160 e. The van der Waals surface area contributed by atoms with Crippen LogP contribution in [0.5, 0.6) is 11.5 Å². The third-order valence-corrected chi connectivity index (χ3v) is 3.54. The Labute approximate surface area is 109 Å². The molecule has 1 atom stereocenters. The number of nitrogens with two attached hydrogens (primary N) is 1. The van der Waals surface area contributed by atoms with Crippen molar-refractivity contribution in [3.05, 3.63) is 23.8 Å². The van der Waals surface area contributed by atoms with Crippen molar-refractivity contribution >= 4 is 0 Å². The molecule has 1 saturated heterocycles. The predicted molar refractivity (Wildman–Crippen MR) is 72.3 cm³/mol. The molecule has 0 aromatic heterocycles. The highest BCUT2D eigenvalue weighted by Crippen LogP contribution is 2.28. The Hall–Kier alpha value is -1.26. The molecule has 2 rings (SSSR count). The van der Waals surface area contributed by atoms with Crippen molar-refractivity contribution in [1.82, 2.24) is 4.90 Å². The summed E-state index contributed by atoms with van der Waals surface area (Å²) >= 11 is 0. The van der Waals surface area contributed by atoms with Gasteiger partial charge in [0.15, 0.2) is 11.5 Å². The van der Waals surface area contributed by atoms with Gasteiger partial charge in [-0.15, -0.1) is 0 Å². The van der Waals surface area contributed by atoms with Crippen molar-refractivity contribution in [2.24, 2.45) is 5.73 Å². The minimum atomic E-state index is 0.359. The molecule has 4 heteroatoms. The van der Waals surface area contributed by atoms with Crippen molar-refractivity contribution in [1.29, 1.82) is 0 Å². The zero-order chi connectivity index (χ0) is 13.1. The van der Waals surface area contributed by atoms with Gasteiger partial charge in [0.05, 0.1) is 14.2 Å². The lowest BCUT2D eigenvalue weighted by molar-refractivity contribution is 0.103. The summed E-state index contributed by atoms with van der Waals surface area (Å²) in [5, 5.41) is 0. The van der Waals surface area contributed by atoms with Crippen LogP contribution in [0.25, 0.3) is 0 Å². The molecule has 1 aliphatic rings. The molecule has 100 valence electrons. The maximum atomic E-state index is 5.81. The van der Waals surface area contributed by atoms with Crippen LogP contribution in [0.1, 0.15) is 12.5 Å². The standard InChI is InChI=1S/C14H22N2O2/c1-10(16-8-12(15)9-16)6-11-4-5-13(17-2)14(7-11)18-3/h4-5,7,10,12H,6,8-9,15H2,1-3H3. The van der Waals surface area contributed by atoms with E-state index in [9.17, 15) is 0 Å². The number of likely N-dealkylation sites (tertiary alicyclic amines) is 1. The second-order valence-electron chi connectivity index (χ2n) is 4.96. The molecular weight excluding hydrogens is 228 g/mol. The van der Waals surface area contributed by atoms with E-state index in [0.29, 0.717) is 12.1 Å². The van der Waals surface area contributed by atoms with Crippen LogP contribution in [-0.4, -0.2) is 44.3 Å². The molecule has 18 heavy (non-hydrogen) atoms. The lowest BCUT2D eigenvalue weighted by Gasteiger charge is -2.41. The topological polar surface area (TPSA) is 47.7 Å². The summed E-state index contributed by atoms with van der Waals surface area (Å²) in [6.07, 6.45) is 1.01. The minimum absolute atomic E-state index is 0.359. The van der Waals surface area contributed by atoms with Gasteiger partial charge in [-0.25, -0.2) is 0 Å². The number of methoxy groups -OCH3 is 2. The minimum Gasteiger partial charge on any atom is -0.493 e. The Balaban J connectivity index is 2.00. The molecule has 0 bridgehead atoms. The molecule has 1 aromatic rings. The Kier molecular flexibility index (Phi) is 4.09. The summed E-state index contributed by atoms with van der Waals surface area (Å²) in [6.45, 7) is 4.26. The first-order valence-corrected chi connectivity index (χ1v) is 6.34. The molecule has 0 saturated carbocycles. The average molecular weight is 250 g/mol. The molecule has 1 aromatic carbocycles. The van der Waals surface area contributed by atoms with Gasteiger partial charge in [0.2, 0.25) is 0 Å². The van der Waals surface area contributed by atoms with Crippen LogP contribution in [0, 0.1) is 0 Å². The largest absolute Gasteiger partial charge is 0.493 e. The third kappa shape index (κ3) is 2.76. The monoisotopic (exact) mass is 250 g/mol. The highest BCUT2D eigenvalue weighted by atomic mass is 16.5. The third-order valence-electron chi connectivity index (χ3n) is 3.54. The van der Waals surface area contributed by atoms with Gasteiger partial charge in [0.1, 0.15) is 0 Å². The summed E-state index contributed by atoms with van der Waals surface area (Å²) in [4.78, 5) is 2.40. The first-order chi connectivity index (χ1) is 8.63. The molecule has 2 N–H and O–H groups in total. The number of benzene rings is 1. The van der Waals surface area contributed by atoms with Crippen molar-refractivity contribution < 1.29 is 9.47 Å². The smallest absolute Gasteiger partial charge is 0.160 e. The van der Waals surface area contributed by atoms with E-state index in [1.54, 1.807) is 14.2 Å². The van der Waals surface area contributed by atoms with Gasteiger partial charge in [-0.3, -0.25) is 4.90 Å². The Morgan fingerprint density at radius 3 is 2.50 bits per heavy atom. The zero-order valence-corrected chi connectivity index (χ0v) is 11.3. The fourth-order valence-electron chi connectivity index (χ4n) is 2.39. The van der Waals surface area contributed by atoms with E-state index in [-0.39, 0.29) is 0 Å². The molecule has 1 heterocycles. The Bertz CT molecular complexity index is 403. The van der Waals surface area contributed by atoms with Crippen LogP contribution in [0.3, 0.4) is 0 Å². The van der Waals surface area contributed by atoms with E-state index in [4.69, 9.17) is 15.2 Å².